The highest BCUT2D eigenvalue weighted by Gasteiger charge is 2.11. The van der Waals surface area contributed by atoms with Crippen molar-refractivity contribution in [3.63, 3.8) is 0 Å². The van der Waals surface area contributed by atoms with Gasteiger partial charge in [0.05, 0.1) is 18.8 Å². The van der Waals surface area contributed by atoms with Crippen LogP contribution in [0.25, 0.3) is 0 Å². The van der Waals surface area contributed by atoms with Gasteiger partial charge in [0.25, 0.3) is 0 Å². The average Bonchev–Trinajstić information content (AvgIpc) is 2.98. The zero-order chi connectivity index (χ0) is 18.2. The molecule has 7 nitrogen and oxygen atoms in total. The molecule has 0 aliphatic rings. The Balaban J connectivity index is 1.74. The molecule has 25 heavy (non-hydrogen) atoms. The van der Waals surface area contributed by atoms with Gasteiger partial charge >= 0.3 is 0 Å². The van der Waals surface area contributed by atoms with E-state index in [1.807, 2.05) is 44.2 Å². The lowest BCUT2D eigenvalue weighted by Gasteiger charge is -2.15. The molecule has 1 heterocycles. The second-order valence-corrected chi connectivity index (χ2v) is 5.94. The number of para-hydroxylation sites is 1. The first kappa shape index (κ1) is 18.7. The van der Waals surface area contributed by atoms with Crippen molar-refractivity contribution in [2.75, 3.05) is 25.5 Å². The van der Waals surface area contributed by atoms with Crippen LogP contribution >= 0.6 is 0 Å². The molecular weight excluding hydrogens is 320 g/mol. The molecule has 0 aliphatic heterocycles. The van der Waals surface area contributed by atoms with Crippen molar-refractivity contribution in [1.29, 1.82) is 0 Å². The molecule has 1 aromatic heterocycles. The predicted molar refractivity (Wildman–Crippen MR) is 95.0 cm³/mol. The minimum absolute atomic E-state index is 0.0617. The molecule has 2 N–H and O–H groups in total. The van der Waals surface area contributed by atoms with E-state index in [1.54, 1.807) is 11.9 Å². The molecular formula is C18H24N4O3. The third-order valence-corrected chi connectivity index (χ3v) is 3.64. The molecule has 0 fully saturated rings. The van der Waals surface area contributed by atoms with E-state index in [9.17, 15) is 9.59 Å². The SMILES string of the molecule is CCc1ccccc1NC(=O)CNC(=O)CN(C)Cc1cc(C)on1. The van der Waals surface area contributed by atoms with Gasteiger partial charge in [0.1, 0.15) is 5.76 Å². The number of aryl methyl sites for hydroxylation is 2. The number of aromatic nitrogens is 1. The zero-order valence-corrected chi connectivity index (χ0v) is 14.8. The van der Waals surface area contributed by atoms with Crippen molar-refractivity contribution < 1.29 is 14.1 Å². The molecule has 0 aliphatic carbocycles. The lowest BCUT2D eigenvalue weighted by molar-refractivity contribution is -0.124. The summed E-state index contributed by atoms with van der Waals surface area (Å²) in [7, 11) is 1.81. The van der Waals surface area contributed by atoms with Gasteiger partial charge in [-0.05, 0) is 32.0 Å². The Labute approximate surface area is 147 Å². The van der Waals surface area contributed by atoms with E-state index >= 15 is 0 Å². The first-order valence-electron chi connectivity index (χ1n) is 8.23. The summed E-state index contributed by atoms with van der Waals surface area (Å²) >= 11 is 0. The highest BCUT2D eigenvalue weighted by Crippen LogP contribution is 2.14. The molecule has 2 amide bonds. The van der Waals surface area contributed by atoms with Gasteiger partial charge < -0.3 is 15.2 Å². The van der Waals surface area contributed by atoms with Crippen molar-refractivity contribution in [3.05, 3.63) is 47.3 Å². The second kappa shape index (κ2) is 8.98. The molecule has 0 atom stereocenters. The van der Waals surface area contributed by atoms with Gasteiger partial charge in [0.15, 0.2) is 0 Å². The van der Waals surface area contributed by atoms with Crippen LogP contribution in [0.4, 0.5) is 5.69 Å². The number of amides is 2. The average molecular weight is 344 g/mol. The number of hydrogen-bond donors (Lipinski definition) is 2. The highest BCUT2D eigenvalue weighted by atomic mass is 16.5. The molecule has 2 aromatic rings. The van der Waals surface area contributed by atoms with Crippen molar-refractivity contribution in [3.8, 4) is 0 Å². The van der Waals surface area contributed by atoms with Gasteiger partial charge in [-0.1, -0.05) is 30.3 Å². The molecule has 0 saturated heterocycles. The Morgan fingerprint density at radius 2 is 2.00 bits per heavy atom. The zero-order valence-electron chi connectivity index (χ0n) is 14.8. The van der Waals surface area contributed by atoms with E-state index in [0.717, 1.165) is 29.1 Å². The van der Waals surface area contributed by atoms with Gasteiger partial charge in [-0.3, -0.25) is 14.5 Å². The van der Waals surface area contributed by atoms with E-state index in [-0.39, 0.29) is 24.9 Å². The fraction of sp³-hybridized carbons (Fsp3) is 0.389. The van der Waals surface area contributed by atoms with Crippen molar-refractivity contribution >= 4 is 17.5 Å². The summed E-state index contributed by atoms with van der Waals surface area (Å²) in [5, 5.41) is 9.34. The maximum Gasteiger partial charge on any atom is 0.243 e. The third kappa shape index (κ3) is 6.04. The molecule has 1 aromatic carbocycles. The van der Waals surface area contributed by atoms with E-state index in [2.05, 4.69) is 15.8 Å². The van der Waals surface area contributed by atoms with Crippen LogP contribution in [-0.2, 0) is 22.6 Å². The smallest absolute Gasteiger partial charge is 0.243 e. The largest absolute Gasteiger partial charge is 0.361 e. The maximum absolute atomic E-state index is 12.0. The van der Waals surface area contributed by atoms with Crippen LogP contribution in [0.15, 0.2) is 34.9 Å². The van der Waals surface area contributed by atoms with Crippen molar-refractivity contribution in [1.82, 2.24) is 15.4 Å². The number of carbonyl (C=O) groups excluding carboxylic acids is 2. The number of hydrogen-bond acceptors (Lipinski definition) is 5. The minimum Gasteiger partial charge on any atom is -0.361 e. The number of anilines is 1. The summed E-state index contributed by atoms with van der Waals surface area (Å²) in [6.45, 7) is 4.46. The van der Waals surface area contributed by atoms with E-state index < -0.39 is 0 Å². The Morgan fingerprint density at radius 1 is 1.24 bits per heavy atom. The Kier molecular flexibility index (Phi) is 6.71. The summed E-state index contributed by atoms with van der Waals surface area (Å²) in [6.07, 6.45) is 0.829. The fourth-order valence-electron chi connectivity index (χ4n) is 2.45. The van der Waals surface area contributed by atoms with Crippen LogP contribution in [0.1, 0.15) is 23.9 Å². The van der Waals surface area contributed by atoms with E-state index in [4.69, 9.17) is 4.52 Å². The lowest BCUT2D eigenvalue weighted by Crippen LogP contribution is -2.39. The van der Waals surface area contributed by atoms with Gasteiger partial charge in [-0.25, -0.2) is 0 Å². The van der Waals surface area contributed by atoms with Crippen LogP contribution < -0.4 is 10.6 Å². The standard InChI is InChI=1S/C18H24N4O3/c1-4-14-7-5-6-8-16(14)20-17(23)10-19-18(24)12-22(3)11-15-9-13(2)25-21-15/h5-9H,4,10-12H2,1-3H3,(H,19,24)(H,20,23). The second-order valence-electron chi connectivity index (χ2n) is 5.94. The molecule has 2 rings (SSSR count). The molecule has 134 valence electrons. The van der Waals surface area contributed by atoms with Crippen LogP contribution in [0.3, 0.4) is 0 Å². The Morgan fingerprint density at radius 3 is 2.68 bits per heavy atom. The third-order valence-electron chi connectivity index (χ3n) is 3.64. The van der Waals surface area contributed by atoms with Gasteiger partial charge in [-0.2, -0.15) is 0 Å². The molecule has 0 bridgehead atoms. The highest BCUT2D eigenvalue weighted by molar-refractivity contribution is 5.95. The van der Waals surface area contributed by atoms with Gasteiger partial charge in [-0.15, -0.1) is 0 Å². The summed E-state index contributed by atoms with van der Waals surface area (Å²) in [5.41, 5.74) is 2.61. The number of rotatable bonds is 8. The van der Waals surface area contributed by atoms with Crippen LogP contribution in [0.2, 0.25) is 0 Å². The first-order valence-corrected chi connectivity index (χ1v) is 8.23. The molecule has 0 unspecified atom stereocenters. The molecule has 0 radical (unpaired) electrons. The predicted octanol–water partition coefficient (Wildman–Crippen LogP) is 1.73. The summed E-state index contributed by atoms with van der Waals surface area (Å²) < 4.78 is 4.99. The number of likely N-dealkylation sites (N-methyl/N-ethyl adjacent to an activating group) is 1. The number of nitrogens with one attached hydrogen (secondary N) is 2. The number of benzene rings is 1. The van der Waals surface area contributed by atoms with Crippen molar-refractivity contribution in [2.45, 2.75) is 26.8 Å². The summed E-state index contributed by atoms with van der Waals surface area (Å²) in [4.78, 5) is 25.8. The molecule has 7 heteroatoms. The van der Waals surface area contributed by atoms with Crippen LogP contribution in [0.5, 0.6) is 0 Å². The van der Waals surface area contributed by atoms with Gasteiger partial charge in [0.2, 0.25) is 11.8 Å². The Bertz CT molecular complexity index is 727. The topological polar surface area (TPSA) is 87.5 Å². The summed E-state index contributed by atoms with van der Waals surface area (Å²) in [5.74, 6) is 0.266. The fourth-order valence-corrected chi connectivity index (χ4v) is 2.45. The maximum atomic E-state index is 12.0. The van der Waals surface area contributed by atoms with Crippen LogP contribution in [-0.4, -0.2) is 42.0 Å². The first-order chi connectivity index (χ1) is 12.0. The van der Waals surface area contributed by atoms with E-state index in [0.29, 0.717) is 6.54 Å². The number of nitrogens with zero attached hydrogens (tertiary/aromatic N) is 2. The quantitative estimate of drug-likeness (QED) is 0.761. The summed E-state index contributed by atoms with van der Waals surface area (Å²) in [6, 6.07) is 9.45. The van der Waals surface area contributed by atoms with Crippen molar-refractivity contribution in [2.24, 2.45) is 0 Å². The minimum atomic E-state index is -0.246. The van der Waals surface area contributed by atoms with E-state index in [1.165, 1.54) is 0 Å². The molecule has 0 saturated carbocycles. The van der Waals surface area contributed by atoms with Crippen LogP contribution in [0, 0.1) is 6.92 Å². The Hall–Kier alpha value is -2.67. The normalized spacial score (nSPS) is 10.7. The van der Waals surface area contributed by atoms with Gasteiger partial charge in [0, 0.05) is 18.3 Å². The number of carbonyl (C=O) groups is 2. The molecule has 0 spiro atoms. The lowest BCUT2D eigenvalue weighted by atomic mass is 10.1. The monoisotopic (exact) mass is 344 g/mol.